The van der Waals surface area contributed by atoms with E-state index < -0.39 is 0 Å². The number of carbonyl (C=O) groups is 2. The maximum atomic E-state index is 12.7. The smallest absolute Gasteiger partial charge is 0.254 e. The third-order valence-electron chi connectivity index (χ3n) is 4.48. The molecule has 0 aliphatic carbocycles. The summed E-state index contributed by atoms with van der Waals surface area (Å²) in [5, 5.41) is 2.98. The number of nitrogens with zero attached hydrogens (tertiary/aromatic N) is 1. The molecule has 2 unspecified atom stereocenters. The number of amides is 2. The van der Waals surface area contributed by atoms with Crippen LogP contribution in [0.3, 0.4) is 0 Å². The van der Waals surface area contributed by atoms with Crippen LogP contribution in [0.2, 0.25) is 0 Å². The van der Waals surface area contributed by atoms with E-state index in [2.05, 4.69) is 12.2 Å². The summed E-state index contributed by atoms with van der Waals surface area (Å²) in [5.41, 5.74) is 6.93. The summed E-state index contributed by atoms with van der Waals surface area (Å²) in [7, 11) is 0. The molecule has 5 nitrogen and oxygen atoms in total. The second-order valence-electron chi connectivity index (χ2n) is 6.35. The minimum atomic E-state index is -0.118. The van der Waals surface area contributed by atoms with Crippen LogP contribution in [0.1, 0.15) is 49.9 Å². The van der Waals surface area contributed by atoms with Crippen molar-refractivity contribution in [1.82, 2.24) is 10.2 Å². The van der Waals surface area contributed by atoms with Gasteiger partial charge in [0.2, 0.25) is 5.91 Å². The van der Waals surface area contributed by atoms with Crippen LogP contribution in [-0.2, 0) is 4.79 Å². The summed E-state index contributed by atoms with van der Waals surface area (Å²) < 4.78 is 0. The van der Waals surface area contributed by atoms with E-state index in [4.69, 9.17) is 5.73 Å². The Morgan fingerprint density at radius 3 is 2.75 bits per heavy atom. The first kappa shape index (κ1) is 20.3. The van der Waals surface area contributed by atoms with Crippen molar-refractivity contribution in [3.8, 4) is 0 Å². The summed E-state index contributed by atoms with van der Waals surface area (Å²) in [4.78, 5) is 26.8. The molecule has 1 heterocycles. The van der Waals surface area contributed by atoms with Gasteiger partial charge < -0.3 is 16.0 Å². The second kappa shape index (κ2) is 9.52. The number of hydrogen-bond donors (Lipinski definition) is 2. The molecule has 0 spiro atoms. The van der Waals surface area contributed by atoms with E-state index >= 15 is 0 Å². The van der Waals surface area contributed by atoms with Crippen LogP contribution in [0.5, 0.6) is 0 Å². The molecular weight excluding hydrogens is 326 g/mol. The molecule has 1 saturated heterocycles. The SMILES string of the molecule is CCCCNC(=O)C1CCC(C)N(C(=O)c2cccc(N)c2)C1.Cl. The quantitative estimate of drug-likeness (QED) is 0.631. The predicted octanol–water partition coefficient (Wildman–Crippen LogP) is 2.85. The van der Waals surface area contributed by atoms with Crippen molar-refractivity contribution in [3.63, 3.8) is 0 Å². The molecule has 134 valence electrons. The summed E-state index contributed by atoms with van der Waals surface area (Å²) in [6, 6.07) is 7.16. The highest BCUT2D eigenvalue weighted by Gasteiger charge is 2.32. The standard InChI is InChI=1S/C18H27N3O2.ClH/c1-3-4-10-20-17(22)15-9-8-13(2)21(12-15)18(23)14-6-5-7-16(19)11-14;/h5-7,11,13,15H,3-4,8-10,12,19H2,1-2H3,(H,20,22);1H. The number of halogens is 1. The molecule has 2 amide bonds. The molecule has 0 aromatic heterocycles. The number of unbranched alkanes of at least 4 members (excludes halogenated alkanes) is 1. The maximum absolute atomic E-state index is 12.7. The number of hydrogen-bond acceptors (Lipinski definition) is 3. The van der Waals surface area contributed by atoms with E-state index in [1.807, 2.05) is 11.8 Å². The normalized spacial score (nSPS) is 20.2. The Hall–Kier alpha value is -1.75. The topological polar surface area (TPSA) is 75.4 Å². The van der Waals surface area contributed by atoms with Gasteiger partial charge in [-0.1, -0.05) is 19.4 Å². The van der Waals surface area contributed by atoms with Crippen LogP contribution in [0, 0.1) is 5.92 Å². The average molecular weight is 354 g/mol. The van der Waals surface area contributed by atoms with E-state index in [1.165, 1.54) is 0 Å². The highest BCUT2D eigenvalue weighted by molar-refractivity contribution is 5.95. The second-order valence-corrected chi connectivity index (χ2v) is 6.35. The van der Waals surface area contributed by atoms with Crippen LogP contribution in [-0.4, -0.2) is 35.8 Å². The molecular formula is C18H28ClN3O2. The maximum Gasteiger partial charge on any atom is 0.254 e. The Labute approximate surface area is 150 Å². The number of nitrogens with one attached hydrogen (secondary N) is 1. The highest BCUT2D eigenvalue weighted by atomic mass is 35.5. The lowest BCUT2D eigenvalue weighted by Gasteiger charge is -2.37. The molecule has 1 aromatic rings. The number of piperidine rings is 1. The van der Waals surface area contributed by atoms with E-state index in [0.29, 0.717) is 24.3 Å². The van der Waals surface area contributed by atoms with Gasteiger partial charge in [0.15, 0.2) is 0 Å². The molecule has 1 aromatic carbocycles. The highest BCUT2D eigenvalue weighted by Crippen LogP contribution is 2.24. The minimum absolute atomic E-state index is 0. The van der Waals surface area contributed by atoms with Gasteiger partial charge in [0.1, 0.15) is 0 Å². The summed E-state index contributed by atoms with van der Waals surface area (Å²) >= 11 is 0. The van der Waals surface area contributed by atoms with Gasteiger partial charge in [0.25, 0.3) is 5.91 Å². The van der Waals surface area contributed by atoms with Crippen molar-refractivity contribution in [2.24, 2.45) is 5.92 Å². The average Bonchev–Trinajstić information content (AvgIpc) is 2.54. The Kier molecular flexibility index (Phi) is 8.05. The molecule has 6 heteroatoms. The van der Waals surface area contributed by atoms with Crippen LogP contribution in [0.15, 0.2) is 24.3 Å². The van der Waals surface area contributed by atoms with Gasteiger partial charge in [-0.3, -0.25) is 9.59 Å². The number of nitrogens with two attached hydrogens (primary N) is 1. The predicted molar refractivity (Wildman–Crippen MR) is 99.2 cm³/mol. The number of nitrogen functional groups attached to an aromatic ring is 1. The number of carbonyl (C=O) groups excluding carboxylic acids is 2. The van der Waals surface area contributed by atoms with Crippen molar-refractivity contribution in [3.05, 3.63) is 29.8 Å². The Balaban J connectivity index is 0.00000288. The molecule has 0 bridgehead atoms. The lowest BCUT2D eigenvalue weighted by Crippen LogP contribution is -2.49. The van der Waals surface area contributed by atoms with Crippen molar-refractivity contribution >= 4 is 29.9 Å². The minimum Gasteiger partial charge on any atom is -0.399 e. The zero-order chi connectivity index (χ0) is 16.8. The van der Waals surface area contributed by atoms with Crippen LogP contribution in [0.4, 0.5) is 5.69 Å². The van der Waals surface area contributed by atoms with E-state index in [9.17, 15) is 9.59 Å². The van der Waals surface area contributed by atoms with E-state index in [-0.39, 0.29) is 36.2 Å². The van der Waals surface area contributed by atoms with Gasteiger partial charge in [0, 0.05) is 30.4 Å². The van der Waals surface area contributed by atoms with Crippen LogP contribution in [0.25, 0.3) is 0 Å². The fourth-order valence-electron chi connectivity index (χ4n) is 2.97. The first-order valence-corrected chi connectivity index (χ1v) is 8.47. The Bertz CT molecular complexity index is 565. The first-order chi connectivity index (χ1) is 11.0. The van der Waals surface area contributed by atoms with Gasteiger partial charge in [0.05, 0.1) is 5.92 Å². The van der Waals surface area contributed by atoms with Crippen LogP contribution >= 0.6 is 12.4 Å². The number of rotatable bonds is 5. The molecule has 3 N–H and O–H groups in total. The Morgan fingerprint density at radius 2 is 2.08 bits per heavy atom. The van der Waals surface area contributed by atoms with Gasteiger partial charge in [-0.05, 0) is 44.4 Å². The van der Waals surface area contributed by atoms with Crippen molar-refractivity contribution in [2.45, 2.75) is 45.6 Å². The fourth-order valence-corrected chi connectivity index (χ4v) is 2.97. The lowest BCUT2D eigenvalue weighted by atomic mass is 9.92. The van der Waals surface area contributed by atoms with E-state index in [0.717, 1.165) is 25.7 Å². The van der Waals surface area contributed by atoms with Crippen molar-refractivity contribution in [2.75, 3.05) is 18.8 Å². The molecule has 1 aliphatic rings. The zero-order valence-corrected chi connectivity index (χ0v) is 15.3. The largest absolute Gasteiger partial charge is 0.399 e. The molecule has 2 atom stereocenters. The Morgan fingerprint density at radius 1 is 1.33 bits per heavy atom. The number of anilines is 1. The fraction of sp³-hybridized carbons (Fsp3) is 0.556. The van der Waals surface area contributed by atoms with Gasteiger partial charge in [-0.2, -0.15) is 0 Å². The molecule has 1 aliphatic heterocycles. The molecule has 24 heavy (non-hydrogen) atoms. The molecule has 1 fully saturated rings. The third kappa shape index (κ3) is 5.13. The first-order valence-electron chi connectivity index (χ1n) is 8.47. The summed E-state index contributed by atoms with van der Waals surface area (Å²) in [5.74, 6) is -0.0975. The van der Waals surface area contributed by atoms with Crippen molar-refractivity contribution in [1.29, 1.82) is 0 Å². The zero-order valence-electron chi connectivity index (χ0n) is 14.5. The van der Waals surface area contributed by atoms with Gasteiger partial charge in [-0.15, -0.1) is 12.4 Å². The third-order valence-corrected chi connectivity index (χ3v) is 4.48. The summed E-state index contributed by atoms with van der Waals surface area (Å²) in [6.45, 7) is 5.33. The lowest BCUT2D eigenvalue weighted by molar-refractivity contribution is -0.126. The number of benzene rings is 1. The summed E-state index contributed by atoms with van der Waals surface area (Å²) in [6.07, 6.45) is 3.72. The molecule has 2 rings (SSSR count). The van der Waals surface area contributed by atoms with Gasteiger partial charge >= 0.3 is 0 Å². The van der Waals surface area contributed by atoms with E-state index in [1.54, 1.807) is 24.3 Å². The monoisotopic (exact) mass is 353 g/mol. The van der Waals surface area contributed by atoms with Crippen molar-refractivity contribution < 1.29 is 9.59 Å². The molecule has 0 radical (unpaired) electrons. The van der Waals surface area contributed by atoms with Crippen LogP contribution < -0.4 is 11.1 Å². The van der Waals surface area contributed by atoms with Gasteiger partial charge in [-0.25, -0.2) is 0 Å². The molecule has 0 saturated carbocycles. The number of likely N-dealkylation sites (tertiary alicyclic amines) is 1.